The summed E-state index contributed by atoms with van der Waals surface area (Å²) in [7, 11) is 2.02. The summed E-state index contributed by atoms with van der Waals surface area (Å²) in [5.41, 5.74) is 1.76. The predicted octanol–water partition coefficient (Wildman–Crippen LogP) is 3.96. The Hall–Kier alpha value is -2.81. The summed E-state index contributed by atoms with van der Waals surface area (Å²) < 4.78 is 40.4. The van der Waals surface area contributed by atoms with Crippen molar-refractivity contribution in [3.8, 4) is 11.4 Å². The highest BCUT2D eigenvalue weighted by molar-refractivity contribution is 5.59. The summed E-state index contributed by atoms with van der Waals surface area (Å²) >= 11 is 0. The average Bonchev–Trinajstić information content (AvgIpc) is 3.28. The lowest BCUT2D eigenvalue weighted by atomic mass is 10.1. The van der Waals surface area contributed by atoms with Crippen LogP contribution in [0.15, 0.2) is 36.7 Å². The van der Waals surface area contributed by atoms with E-state index in [0.717, 1.165) is 61.2 Å². The smallest absolute Gasteiger partial charge is 0.345 e. The van der Waals surface area contributed by atoms with E-state index >= 15 is 0 Å². The Balaban J connectivity index is 1.53. The van der Waals surface area contributed by atoms with Gasteiger partial charge in [-0.05, 0) is 30.7 Å². The maximum absolute atomic E-state index is 12.9. The summed E-state index contributed by atoms with van der Waals surface area (Å²) in [5.74, 6) is 1.65. The number of alkyl halides is 3. The van der Waals surface area contributed by atoms with Crippen LogP contribution in [-0.2, 0) is 19.3 Å². The molecule has 154 valence electrons. The molecule has 3 aromatic rings. The molecule has 1 N–H and O–H groups in total. The number of anilines is 1. The van der Waals surface area contributed by atoms with Crippen LogP contribution in [0, 0.1) is 0 Å². The molecule has 0 fully saturated rings. The third kappa shape index (κ3) is 4.14. The Morgan fingerprint density at radius 1 is 1.24 bits per heavy atom. The van der Waals surface area contributed by atoms with Crippen molar-refractivity contribution >= 4 is 5.82 Å². The van der Waals surface area contributed by atoms with Crippen LogP contribution in [0.5, 0.6) is 0 Å². The lowest BCUT2D eigenvalue weighted by molar-refractivity contribution is -0.137. The minimum atomic E-state index is -4.35. The normalized spacial score (nSPS) is 15.0. The van der Waals surface area contributed by atoms with Gasteiger partial charge >= 0.3 is 6.18 Å². The average molecular weight is 404 g/mol. The third-order valence-corrected chi connectivity index (χ3v) is 4.96. The second-order valence-corrected chi connectivity index (χ2v) is 7.40. The van der Waals surface area contributed by atoms with Crippen LogP contribution < -0.4 is 4.90 Å². The zero-order valence-corrected chi connectivity index (χ0v) is 16.4. The number of imidazole rings is 1. The van der Waals surface area contributed by atoms with Crippen LogP contribution in [0.4, 0.5) is 19.0 Å². The molecule has 1 aromatic carbocycles. The number of rotatable bonds is 5. The SMILES string of the molecule is CCCN1Cc2[nH]c(-c3cnn(Cc4cccc(C(F)(F)F)c4)c3)nc2N(C)C1. The first-order valence-corrected chi connectivity index (χ1v) is 9.55. The molecule has 1 aliphatic rings. The fraction of sp³-hybridized carbons (Fsp3) is 0.400. The highest BCUT2D eigenvalue weighted by Gasteiger charge is 2.30. The Bertz CT molecular complexity index is 990. The van der Waals surface area contributed by atoms with Crippen LogP contribution >= 0.6 is 0 Å². The first-order valence-electron chi connectivity index (χ1n) is 9.55. The van der Waals surface area contributed by atoms with Gasteiger partial charge in [0.15, 0.2) is 5.82 Å². The summed E-state index contributed by atoms with van der Waals surface area (Å²) in [6, 6.07) is 5.31. The van der Waals surface area contributed by atoms with Gasteiger partial charge in [0, 0.05) is 19.8 Å². The van der Waals surface area contributed by atoms with E-state index in [9.17, 15) is 13.2 Å². The highest BCUT2D eigenvalue weighted by atomic mass is 19.4. The van der Waals surface area contributed by atoms with Crippen molar-refractivity contribution in [2.75, 3.05) is 25.2 Å². The number of H-pyrrole nitrogens is 1. The Labute approximate surface area is 167 Å². The molecule has 29 heavy (non-hydrogen) atoms. The fourth-order valence-corrected chi connectivity index (χ4v) is 3.67. The van der Waals surface area contributed by atoms with Crippen LogP contribution in [0.25, 0.3) is 11.4 Å². The topological polar surface area (TPSA) is 53.0 Å². The van der Waals surface area contributed by atoms with Gasteiger partial charge in [0.25, 0.3) is 0 Å². The fourth-order valence-electron chi connectivity index (χ4n) is 3.67. The van der Waals surface area contributed by atoms with Crippen molar-refractivity contribution in [2.24, 2.45) is 0 Å². The van der Waals surface area contributed by atoms with Gasteiger partial charge < -0.3 is 9.88 Å². The lowest BCUT2D eigenvalue weighted by Crippen LogP contribution is -2.40. The number of fused-ring (bicyclic) bond motifs is 1. The summed E-state index contributed by atoms with van der Waals surface area (Å²) in [6.45, 7) is 5.09. The summed E-state index contributed by atoms with van der Waals surface area (Å²) in [5, 5.41) is 4.30. The number of hydrogen-bond acceptors (Lipinski definition) is 4. The van der Waals surface area contributed by atoms with Gasteiger partial charge in [0.1, 0.15) is 5.82 Å². The molecule has 3 heterocycles. The Morgan fingerprint density at radius 2 is 2.07 bits per heavy atom. The van der Waals surface area contributed by atoms with Crippen LogP contribution in [0.3, 0.4) is 0 Å². The van der Waals surface area contributed by atoms with Gasteiger partial charge in [-0.15, -0.1) is 0 Å². The molecule has 0 atom stereocenters. The Kier molecular flexibility index (Phi) is 5.08. The van der Waals surface area contributed by atoms with Crippen LogP contribution in [0.2, 0.25) is 0 Å². The van der Waals surface area contributed by atoms with E-state index in [-0.39, 0.29) is 6.54 Å². The molecule has 6 nitrogen and oxygen atoms in total. The molecular formula is C20H23F3N6. The predicted molar refractivity (Wildman–Crippen MR) is 104 cm³/mol. The Morgan fingerprint density at radius 3 is 2.83 bits per heavy atom. The quantitative estimate of drug-likeness (QED) is 0.700. The van der Waals surface area contributed by atoms with E-state index in [0.29, 0.717) is 5.56 Å². The van der Waals surface area contributed by atoms with Crippen molar-refractivity contribution in [1.82, 2.24) is 24.6 Å². The van der Waals surface area contributed by atoms with Crippen molar-refractivity contribution in [1.29, 1.82) is 0 Å². The minimum absolute atomic E-state index is 0.258. The molecule has 0 aliphatic carbocycles. The molecule has 0 spiro atoms. The molecule has 0 bridgehead atoms. The van der Waals surface area contributed by atoms with Gasteiger partial charge in [0.2, 0.25) is 0 Å². The first kappa shape index (κ1) is 19.5. The maximum Gasteiger partial charge on any atom is 0.416 e. The molecule has 1 aliphatic heterocycles. The van der Waals surface area contributed by atoms with E-state index in [2.05, 4.69) is 26.8 Å². The number of nitrogens with zero attached hydrogens (tertiary/aromatic N) is 5. The summed E-state index contributed by atoms with van der Waals surface area (Å²) in [6.07, 6.45) is 0.221. The van der Waals surface area contributed by atoms with Crippen LogP contribution in [0.1, 0.15) is 30.2 Å². The van der Waals surface area contributed by atoms with E-state index < -0.39 is 11.7 Å². The molecule has 0 amide bonds. The molecule has 0 radical (unpaired) electrons. The second-order valence-electron chi connectivity index (χ2n) is 7.40. The van der Waals surface area contributed by atoms with E-state index in [1.165, 1.54) is 6.07 Å². The molecule has 0 saturated heterocycles. The van der Waals surface area contributed by atoms with Crippen molar-refractivity contribution in [3.63, 3.8) is 0 Å². The van der Waals surface area contributed by atoms with Gasteiger partial charge in [-0.3, -0.25) is 9.58 Å². The third-order valence-electron chi connectivity index (χ3n) is 4.96. The highest BCUT2D eigenvalue weighted by Crippen LogP contribution is 2.30. The second kappa shape index (κ2) is 7.55. The lowest BCUT2D eigenvalue weighted by Gasteiger charge is -2.32. The van der Waals surface area contributed by atoms with Crippen molar-refractivity contribution in [2.45, 2.75) is 32.6 Å². The van der Waals surface area contributed by atoms with E-state index in [1.807, 2.05) is 7.05 Å². The number of halogens is 3. The maximum atomic E-state index is 12.9. The standard InChI is InChI=1S/C20H23F3N6/c1-3-7-28-12-17-19(27(2)13-28)26-18(25-17)15-9-24-29(11-15)10-14-5-4-6-16(8-14)20(21,22)23/h4-6,8-9,11H,3,7,10,12-13H2,1-2H3,(H,25,26). The molecule has 2 aromatic heterocycles. The van der Waals surface area contributed by atoms with Crippen molar-refractivity contribution in [3.05, 3.63) is 53.5 Å². The van der Waals surface area contributed by atoms with Crippen molar-refractivity contribution < 1.29 is 13.2 Å². The number of aromatic amines is 1. The van der Waals surface area contributed by atoms with E-state index in [4.69, 9.17) is 4.98 Å². The number of hydrogen-bond donors (Lipinski definition) is 1. The molecular weight excluding hydrogens is 381 g/mol. The van der Waals surface area contributed by atoms with Gasteiger partial charge in [-0.1, -0.05) is 19.1 Å². The largest absolute Gasteiger partial charge is 0.416 e. The summed E-state index contributed by atoms with van der Waals surface area (Å²) in [4.78, 5) is 12.5. The molecule has 9 heteroatoms. The van der Waals surface area contributed by atoms with Gasteiger partial charge in [-0.25, -0.2) is 4.98 Å². The van der Waals surface area contributed by atoms with Gasteiger partial charge in [-0.2, -0.15) is 18.3 Å². The number of aromatic nitrogens is 4. The molecule has 0 saturated carbocycles. The van der Waals surface area contributed by atoms with Gasteiger partial charge in [0.05, 0.1) is 36.2 Å². The van der Waals surface area contributed by atoms with Crippen LogP contribution in [-0.4, -0.2) is 44.9 Å². The zero-order valence-electron chi connectivity index (χ0n) is 16.4. The molecule has 4 rings (SSSR count). The zero-order chi connectivity index (χ0) is 20.6. The monoisotopic (exact) mass is 404 g/mol. The molecule has 0 unspecified atom stereocenters. The first-order chi connectivity index (χ1) is 13.8. The number of benzene rings is 1. The minimum Gasteiger partial charge on any atom is -0.345 e. The van der Waals surface area contributed by atoms with E-state index in [1.54, 1.807) is 23.1 Å². The number of nitrogens with one attached hydrogen (secondary N) is 1.